The van der Waals surface area contributed by atoms with Crippen LogP contribution >= 0.6 is 0 Å². The van der Waals surface area contributed by atoms with E-state index in [0.29, 0.717) is 0 Å². The van der Waals surface area contributed by atoms with Crippen LogP contribution in [0.3, 0.4) is 0 Å². The molecule has 0 atom stereocenters. The first-order valence-corrected chi connectivity index (χ1v) is 12.4. The number of aryl methyl sites for hydroxylation is 2. The summed E-state index contributed by atoms with van der Waals surface area (Å²) in [5.74, 6) is 0. The topological polar surface area (TPSA) is 99.2 Å². The molecule has 0 spiro atoms. The van der Waals surface area contributed by atoms with Gasteiger partial charge in [0.1, 0.15) is 5.60 Å². The molecule has 178 valence electrons. The average molecular weight is 461 g/mol. The van der Waals surface area contributed by atoms with Crippen molar-refractivity contribution in [2.75, 3.05) is 11.4 Å². The van der Waals surface area contributed by atoms with Gasteiger partial charge in [-0.05, 0) is 69.9 Å². The summed E-state index contributed by atoms with van der Waals surface area (Å²) >= 11 is 0. The maximum atomic E-state index is 11.4. The Kier molecular flexibility index (Phi) is 4.83. The molecule has 0 aromatic carbocycles. The third-order valence-corrected chi connectivity index (χ3v) is 8.53. The van der Waals surface area contributed by atoms with Gasteiger partial charge in [-0.15, -0.1) is 0 Å². The highest BCUT2D eigenvalue weighted by Crippen LogP contribution is 2.54. The number of hydrogen-bond acceptors (Lipinski definition) is 6. The van der Waals surface area contributed by atoms with E-state index < -0.39 is 6.09 Å². The predicted molar refractivity (Wildman–Crippen MR) is 130 cm³/mol. The van der Waals surface area contributed by atoms with Crippen LogP contribution in [0.15, 0.2) is 24.5 Å². The fourth-order valence-corrected chi connectivity index (χ4v) is 6.60. The van der Waals surface area contributed by atoms with Crippen molar-refractivity contribution in [3.8, 4) is 0 Å². The summed E-state index contributed by atoms with van der Waals surface area (Å²) in [6, 6.07) is 4.26. The van der Waals surface area contributed by atoms with E-state index in [1.165, 1.54) is 16.9 Å². The molecule has 8 heteroatoms. The van der Waals surface area contributed by atoms with Gasteiger partial charge < -0.3 is 15.4 Å². The zero-order valence-electron chi connectivity index (χ0n) is 20.0. The Morgan fingerprint density at radius 1 is 1.18 bits per heavy atom. The molecule has 1 amide bonds. The Hall–Kier alpha value is -3.16. The standard InChI is InChI=1S/C26H32N6O2/c1-17-13-23(19-3-11-28-14-21(19)29-17)31-12-4-22-20(15-31)18(2)30-32(22)16-25-5-8-26(9-6-25,10-7-25)34-24(27)33/h3,11,13-14H,4-10,12,15-16H2,1-2H3,(H2,27,33). The summed E-state index contributed by atoms with van der Waals surface area (Å²) in [7, 11) is 0. The van der Waals surface area contributed by atoms with E-state index in [1.54, 1.807) is 0 Å². The van der Waals surface area contributed by atoms with Gasteiger partial charge in [-0.3, -0.25) is 14.6 Å². The van der Waals surface area contributed by atoms with Crippen LogP contribution in [0.5, 0.6) is 0 Å². The molecule has 0 radical (unpaired) electrons. The Morgan fingerprint density at radius 3 is 2.68 bits per heavy atom. The average Bonchev–Trinajstić information content (AvgIpc) is 3.13. The fourth-order valence-electron chi connectivity index (χ4n) is 6.60. The van der Waals surface area contributed by atoms with Crippen molar-refractivity contribution in [1.82, 2.24) is 19.7 Å². The molecule has 0 unspecified atom stereocenters. The molecule has 2 bridgehead atoms. The second-order valence-electron chi connectivity index (χ2n) is 10.6. The zero-order valence-corrected chi connectivity index (χ0v) is 20.0. The number of fused-ring (bicyclic) bond motifs is 5. The Labute approximate surface area is 199 Å². The molecule has 34 heavy (non-hydrogen) atoms. The normalized spacial score (nSPS) is 26.0. The lowest BCUT2D eigenvalue weighted by molar-refractivity contribution is -0.101. The molecule has 3 aromatic rings. The van der Waals surface area contributed by atoms with Gasteiger partial charge in [-0.25, -0.2) is 4.79 Å². The lowest BCUT2D eigenvalue weighted by atomic mass is 9.58. The summed E-state index contributed by atoms with van der Waals surface area (Å²) in [5.41, 5.74) is 12.3. The third-order valence-electron chi connectivity index (χ3n) is 8.53. The van der Waals surface area contributed by atoms with Crippen LogP contribution in [-0.4, -0.2) is 38.0 Å². The maximum absolute atomic E-state index is 11.4. The summed E-state index contributed by atoms with van der Waals surface area (Å²) in [6.45, 7) is 6.97. The smallest absolute Gasteiger partial charge is 0.405 e. The van der Waals surface area contributed by atoms with Gasteiger partial charge >= 0.3 is 6.09 Å². The van der Waals surface area contributed by atoms with E-state index in [9.17, 15) is 4.79 Å². The first kappa shape index (κ1) is 21.4. The summed E-state index contributed by atoms with van der Waals surface area (Å²) in [6.07, 6.45) is 9.97. The monoisotopic (exact) mass is 460 g/mol. The zero-order chi connectivity index (χ0) is 23.5. The molecule has 3 aromatic heterocycles. The third kappa shape index (κ3) is 3.51. The van der Waals surface area contributed by atoms with Crippen molar-refractivity contribution in [2.45, 2.75) is 77.5 Å². The number of nitrogens with two attached hydrogens (primary N) is 1. The lowest BCUT2D eigenvalue weighted by Crippen LogP contribution is -2.50. The molecule has 2 N–H and O–H groups in total. The molecule has 1 aliphatic heterocycles. The molecule has 4 heterocycles. The molecular formula is C26H32N6O2. The number of carbonyl (C=O) groups is 1. The Morgan fingerprint density at radius 2 is 1.94 bits per heavy atom. The van der Waals surface area contributed by atoms with Gasteiger partial charge in [-0.2, -0.15) is 5.10 Å². The minimum absolute atomic E-state index is 0.248. The van der Waals surface area contributed by atoms with Crippen LogP contribution in [0, 0.1) is 19.3 Å². The van der Waals surface area contributed by atoms with Crippen LogP contribution in [0.4, 0.5) is 10.5 Å². The van der Waals surface area contributed by atoms with E-state index in [1.807, 2.05) is 19.3 Å². The van der Waals surface area contributed by atoms with Crippen LogP contribution in [0.25, 0.3) is 10.9 Å². The number of pyridine rings is 2. The van der Waals surface area contributed by atoms with Gasteiger partial charge in [0.05, 0.1) is 17.4 Å². The maximum Gasteiger partial charge on any atom is 0.405 e. The van der Waals surface area contributed by atoms with Crippen LogP contribution in [-0.2, 0) is 24.2 Å². The van der Waals surface area contributed by atoms with Crippen molar-refractivity contribution in [3.63, 3.8) is 0 Å². The van der Waals surface area contributed by atoms with E-state index >= 15 is 0 Å². The molecule has 3 fully saturated rings. The predicted octanol–water partition coefficient (Wildman–Crippen LogP) is 4.19. The number of amides is 1. The van der Waals surface area contributed by atoms with Gasteiger partial charge in [0.2, 0.25) is 0 Å². The lowest BCUT2D eigenvalue weighted by Gasteiger charge is -2.52. The first-order valence-electron chi connectivity index (χ1n) is 12.4. The van der Waals surface area contributed by atoms with Crippen molar-refractivity contribution >= 4 is 22.7 Å². The van der Waals surface area contributed by atoms with Gasteiger partial charge in [-0.1, -0.05) is 0 Å². The van der Waals surface area contributed by atoms with Crippen LogP contribution in [0.1, 0.15) is 61.2 Å². The molecular weight excluding hydrogens is 428 g/mol. The second-order valence-corrected chi connectivity index (χ2v) is 10.6. The van der Waals surface area contributed by atoms with E-state index in [4.69, 9.17) is 15.6 Å². The molecule has 4 aliphatic rings. The van der Waals surface area contributed by atoms with Crippen molar-refractivity contribution < 1.29 is 9.53 Å². The highest BCUT2D eigenvalue weighted by molar-refractivity contribution is 5.91. The molecule has 3 saturated carbocycles. The summed E-state index contributed by atoms with van der Waals surface area (Å²) in [4.78, 5) is 22.8. The number of hydrogen-bond donors (Lipinski definition) is 1. The largest absolute Gasteiger partial charge is 0.443 e. The van der Waals surface area contributed by atoms with Gasteiger partial charge in [0, 0.05) is 60.3 Å². The van der Waals surface area contributed by atoms with Crippen molar-refractivity contribution in [2.24, 2.45) is 11.1 Å². The van der Waals surface area contributed by atoms with Crippen LogP contribution in [0.2, 0.25) is 0 Å². The molecule has 8 nitrogen and oxygen atoms in total. The number of primary amides is 1. The van der Waals surface area contributed by atoms with E-state index in [-0.39, 0.29) is 11.0 Å². The van der Waals surface area contributed by atoms with E-state index in [2.05, 4.69) is 38.6 Å². The number of anilines is 1. The molecule has 7 rings (SSSR count). The second kappa shape index (κ2) is 7.68. The van der Waals surface area contributed by atoms with Crippen LogP contribution < -0.4 is 10.6 Å². The fraction of sp³-hybridized carbons (Fsp3) is 0.538. The van der Waals surface area contributed by atoms with Gasteiger partial charge in [0.15, 0.2) is 0 Å². The number of aromatic nitrogens is 4. The first-order chi connectivity index (χ1) is 16.4. The molecule has 3 aliphatic carbocycles. The Bertz CT molecular complexity index is 1260. The number of nitrogens with zero attached hydrogens (tertiary/aromatic N) is 5. The number of carbonyl (C=O) groups excluding carboxylic acids is 1. The Balaban J connectivity index is 1.24. The van der Waals surface area contributed by atoms with Crippen molar-refractivity contribution in [3.05, 3.63) is 47.2 Å². The minimum Gasteiger partial charge on any atom is -0.443 e. The SMILES string of the molecule is Cc1cc(N2CCc3c(c(C)nn3CC34CCC(OC(N)=O)(CC3)CC4)C2)c2ccncc2n1. The number of rotatable bonds is 4. The van der Waals surface area contributed by atoms with Crippen molar-refractivity contribution in [1.29, 1.82) is 0 Å². The highest BCUT2D eigenvalue weighted by atomic mass is 16.6. The number of ether oxygens (including phenoxy) is 1. The minimum atomic E-state index is -0.635. The van der Waals surface area contributed by atoms with Gasteiger partial charge in [0.25, 0.3) is 0 Å². The quantitative estimate of drug-likeness (QED) is 0.627. The summed E-state index contributed by atoms with van der Waals surface area (Å²) < 4.78 is 7.85. The van der Waals surface area contributed by atoms with E-state index in [0.717, 1.165) is 86.9 Å². The summed E-state index contributed by atoms with van der Waals surface area (Å²) in [5, 5.41) is 6.18. The highest BCUT2D eigenvalue weighted by Gasteiger charge is 2.51. The molecule has 0 saturated heterocycles.